The van der Waals surface area contributed by atoms with Crippen molar-refractivity contribution in [1.29, 1.82) is 0 Å². The lowest BCUT2D eigenvalue weighted by atomic mass is 9.98. The van der Waals surface area contributed by atoms with Crippen LogP contribution in [0.25, 0.3) is 0 Å². The highest BCUT2D eigenvalue weighted by molar-refractivity contribution is 5.74. The number of piperidine rings is 1. The van der Waals surface area contributed by atoms with Crippen molar-refractivity contribution in [3.8, 4) is 0 Å². The molecule has 1 saturated carbocycles. The smallest absolute Gasteiger partial charge is 0.317 e. The molecular formula is C16H30N2O2. The average molecular weight is 282 g/mol. The van der Waals surface area contributed by atoms with Gasteiger partial charge in [-0.2, -0.15) is 0 Å². The Labute approximate surface area is 122 Å². The molecule has 0 aromatic carbocycles. The van der Waals surface area contributed by atoms with Crippen LogP contribution >= 0.6 is 0 Å². The molecule has 4 nitrogen and oxygen atoms in total. The van der Waals surface area contributed by atoms with E-state index >= 15 is 0 Å². The molecule has 0 radical (unpaired) electrons. The molecule has 2 amide bonds. The van der Waals surface area contributed by atoms with Gasteiger partial charge in [0.15, 0.2) is 0 Å². The first kappa shape index (κ1) is 15.6. The molecule has 116 valence electrons. The molecule has 0 atom stereocenters. The van der Waals surface area contributed by atoms with Gasteiger partial charge in [0, 0.05) is 26.2 Å². The van der Waals surface area contributed by atoms with Gasteiger partial charge >= 0.3 is 6.03 Å². The van der Waals surface area contributed by atoms with Gasteiger partial charge < -0.3 is 15.3 Å². The summed E-state index contributed by atoms with van der Waals surface area (Å²) in [6.45, 7) is 2.65. The summed E-state index contributed by atoms with van der Waals surface area (Å²) in [5.74, 6) is 1.36. The van der Waals surface area contributed by atoms with Crippen molar-refractivity contribution in [2.24, 2.45) is 11.8 Å². The summed E-state index contributed by atoms with van der Waals surface area (Å²) in [5.41, 5.74) is 0. The minimum absolute atomic E-state index is 0.0854. The lowest BCUT2D eigenvalue weighted by molar-refractivity contribution is 0.137. The van der Waals surface area contributed by atoms with Crippen LogP contribution < -0.4 is 5.32 Å². The van der Waals surface area contributed by atoms with Crippen LogP contribution in [0, 0.1) is 11.8 Å². The van der Waals surface area contributed by atoms with Crippen LogP contribution in [0.5, 0.6) is 0 Å². The molecule has 4 heteroatoms. The van der Waals surface area contributed by atoms with E-state index in [0.717, 1.165) is 44.8 Å². The van der Waals surface area contributed by atoms with Gasteiger partial charge in [-0.05, 0) is 31.1 Å². The van der Waals surface area contributed by atoms with E-state index in [-0.39, 0.29) is 12.6 Å². The number of hydrogen-bond donors (Lipinski definition) is 2. The fourth-order valence-corrected chi connectivity index (χ4v) is 3.48. The summed E-state index contributed by atoms with van der Waals surface area (Å²) in [5, 5.41) is 12.1. The first-order chi connectivity index (χ1) is 9.79. The summed E-state index contributed by atoms with van der Waals surface area (Å²) >= 11 is 0. The molecule has 0 aromatic heterocycles. The first-order valence-corrected chi connectivity index (χ1v) is 8.43. The second kappa shape index (κ2) is 8.50. The van der Waals surface area contributed by atoms with E-state index in [4.69, 9.17) is 5.11 Å². The van der Waals surface area contributed by atoms with Gasteiger partial charge in [-0.3, -0.25) is 0 Å². The van der Waals surface area contributed by atoms with E-state index in [9.17, 15) is 4.79 Å². The molecule has 0 spiro atoms. The maximum Gasteiger partial charge on any atom is 0.317 e. The molecule has 20 heavy (non-hydrogen) atoms. The Morgan fingerprint density at radius 1 is 1.05 bits per heavy atom. The fraction of sp³-hybridized carbons (Fsp3) is 0.938. The summed E-state index contributed by atoms with van der Waals surface area (Å²) < 4.78 is 0. The fourth-order valence-electron chi connectivity index (χ4n) is 3.48. The maximum atomic E-state index is 12.0. The molecule has 1 saturated heterocycles. The van der Waals surface area contributed by atoms with Crippen molar-refractivity contribution in [3.05, 3.63) is 0 Å². The number of carbonyl (C=O) groups is 1. The van der Waals surface area contributed by atoms with Crippen LogP contribution in [-0.2, 0) is 0 Å². The Morgan fingerprint density at radius 2 is 1.75 bits per heavy atom. The number of likely N-dealkylation sites (tertiary alicyclic amines) is 1. The van der Waals surface area contributed by atoms with E-state index < -0.39 is 0 Å². The third-order valence-electron chi connectivity index (χ3n) is 4.95. The standard InChI is InChI=1S/C16H30N2O2/c19-13-15-8-11-18(12-9-15)16(20)17-10-4-3-7-14-5-1-2-6-14/h14-15,19H,1-13H2,(H,17,20). The van der Waals surface area contributed by atoms with Crippen molar-refractivity contribution in [3.63, 3.8) is 0 Å². The maximum absolute atomic E-state index is 12.0. The van der Waals surface area contributed by atoms with Crippen molar-refractivity contribution < 1.29 is 9.90 Å². The minimum atomic E-state index is 0.0854. The van der Waals surface area contributed by atoms with E-state index in [2.05, 4.69) is 5.32 Å². The van der Waals surface area contributed by atoms with Crippen LogP contribution in [0.2, 0.25) is 0 Å². The minimum Gasteiger partial charge on any atom is -0.396 e. The molecule has 2 aliphatic rings. The van der Waals surface area contributed by atoms with Crippen LogP contribution in [-0.4, -0.2) is 42.3 Å². The third-order valence-corrected chi connectivity index (χ3v) is 4.95. The second-order valence-electron chi connectivity index (χ2n) is 6.49. The number of carbonyl (C=O) groups excluding carboxylic acids is 1. The zero-order chi connectivity index (χ0) is 14.2. The van der Waals surface area contributed by atoms with Crippen molar-refractivity contribution in [2.75, 3.05) is 26.2 Å². The Bertz CT molecular complexity index is 282. The van der Waals surface area contributed by atoms with Gasteiger partial charge in [0.2, 0.25) is 0 Å². The molecule has 0 unspecified atom stereocenters. The molecule has 2 fully saturated rings. The molecule has 1 aliphatic carbocycles. The largest absolute Gasteiger partial charge is 0.396 e. The van der Waals surface area contributed by atoms with Crippen LogP contribution in [0.1, 0.15) is 57.8 Å². The zero-order valence-corrected chi connectivity index (χ0v) is 12.6. The van der Waals surface area contributed by atoms with Crippen LogP contribution in [0.15, 0.2) is 0 Å². The SMILES string of the molecule is O=C(NCCCCC1CCCC1)N1CCC(CO)CC1. The summed E-state index contributed by atoms with van der Waals surface area (Å²) in [6.07, 6.45) is 11.3. The molecule has 1 aliphatic heterocycles. The Morgan fingerprint density at radius 3 is 2.40 bits per heavy atom. The van der Waals surface area contributed by atoms with Gasteiger partial charge in [-0.1, -0.05) is 38.5 Å². The van der Waals surface area contributed by atoms with Gasteiger partial charge in [-0.25, -0.2) is 4.79 Å². The number of aliphatic hydroxyl groups excluding tert-OH is 1. The Balaban J connectivity index is 1.49. The van der Waals surface area contributed by atoms with Crippen molar-refractivity contribution >= 4 is 6.03 Å². The van der Waals surface area contributed by atoms with Crippen molar-refractivity contribution in [2.45, 2.75) is 57.8 Å². The van der Waals surface area contributed by atoms with Crippen LogP contribution in [0.3, 0.4) is 0 Å². The number of urea groups is 1. The number of nitrogens with zero attached hydrogens (tertiary/aromatic N) is 1. The van der Waals surface area contributed by atoms with Crippen molar-refractivity contribution in [1.82, 2.24) is 10.2 Å². The number of hydrogen-bond acceptors (Lipinski definition) is 2. The van der Waals surface area contributed by atoms with E-state index in [1.165, 1.54) is 38.5 Å². The topological polar surface area (TPSA) is 52.6 Å². The van der Waals surface area contributed by atoms with Gasteiger partial charge in [0.1, 0.15) is 0 Å². The number of unbranched alkanes of at least 4 members (excludes halogenated alkanes) is 1. The first-order valence-electron chi connectivity index (χ1n) is 8.43. The van der Waals surface area contributed by atoms with Gasteiger partial charge in [0.05, 0.1) is 0 Å². The summed E-state index contributed by atoms with van der Waals surface area (Å²) in [6, 6.07) is 0.0854. The van der Waals surface area contributed by atoms with Crippen LogP contribution in [0.4, 0.5) is 4.79 Å². The lowest BCUT2D eigenvalue weighted by Crippen LogP contribution is -2.45. The number of aliphatic hydroxyl groups is 1. The van der Waals surface area contributed by atoms with Gasteiger partial charge in [-0.15, -0.1) is 0 Å². The average Bonchev–Trinajstić information content (AvgIpc) is 3.00. The quantitative estimate of drug-likeness (QED) is 0.736. The zero-order valence-electron chi connectivity index (χ0n) is 12.6. The van der Waals surface area contributed by atoms with Gasteiger partial charge in [0.25, 0.3) is 0 Å². The Hall–Kier alpha value is -0.770. The molecule has 0 bridgehead atoms. The van der Waals surface area contributed by atoms with E-state index in [1.54, 1.807) is 0 Å². The monoisotopic (exact) mass is 282 g/mol. The highest BCUT2D eigenvalue weighted by atomic mass is 16.3. The number of amides is 2. The third kappa shape index (κ3) is 4.97. The number of nitrogens with one attached hydrogen (secondary N) is 1. The molecule has 1 heterocycles. The normalized spacial score (nSPS) is 21.4. The molecule has 2 rings (SSSR count). The highest BCUT2D eigenvalue weighted by Crippen LogP contribution is 2.28. The predicted molar refractivity (Wildman–Crippen MR) is 80.6 cm³/mol. The lowest BCUT2D eigenvalue weighted by Gasteiger charge is -2.31. The van der Waals surface area contributed by atoms with E-state index in [0.29, 0.717) is 5.92 Å². The summed E-state index contributed by atoms with van der Waals surface area (Å²) in [7, 11) is 0. The van der Waals surface area contributed by atoms with E-state index in [1.807, 2.05) is 4.90 Å². The Kier molecular flexibility index (Phi) is 6.64. The predicted octanol–water partition coefficient (Wildman–Crippen LogP) is 2.76. The second-order valence-corrected chi connectivity index (χ2v) is 6.49. The number of rotatable bonds is 6. The highest BCUT2D eigenvalue weighted by Gasteiger charge is 2.21. The molecule has 0 aromatic rings. The molecule has 2 N–H and O–H groups in total. The summed E-state index contributed by atoms with van der Waals surface area (Å²) in [4.78, 5) is 13.9. The molecular weight excluding hydrogens is 252 g/mol.